The molecule has 2 nitrogen and oxygen atoms in total. The van der Waals surface area contributed by atoms with Gasteiger partial charge in [-0.2, -0.15) is 13.2 Å². The summed E-state index contributed by atoms with van der Waals surface area (Å²) in [7, 11) is 0. The van der Waals surface area contributed by atoms with E-state index in [2.05, 4.69) is 6.92 Å². The molecule has 0 unspecified atom stereocenters. The van der Waals surface area contributed by atoms with Gasteiger partial charge in [0.1, 0.15) is 0 Å². The summed E-state index contributed by atoms with van der Waals surface area (Å²) in [5.41, 5.74) is -0.882. The van der Waals surface area contributed by atoms with Crippen molar-refractivity contribution < 1.29 is 22.7 Å². The number of unbranched alkanes of at least 4 members (excludes halogenated alkanes) is 12. The van der Waals surface area contributed by atoms with Gasteiger partial charge in [0.15, 0.2) is 0 Å². The van der Waals surface area contributed by atoms with E-state index in [0.29, 0.717) is 0 Å². The first-order chi connectivity index (χ1) is 13.4. The van der Waals surface area contributed by atoms with Crippen molar-refractivity contribution in [3.8, 4) is 0 Å². The van der Waals surface area contributed by atoms with Gasteiger partial charge in [-0.3, -0.25) is 0 Å². The lowest BCUT2D eigenvalue weighted by Crippen LogP contribution is -2.10. The van der Waals surface area contributed by atoms with Crippen LogP contribution < -0.4 is 0 Å². The molecule has 160 valence electrons. The van der Waals surface area contributed by atoms with Crippen molar-refractivity contribution >= 4 is 5.97 Å². The molecular weight excluding hydrogens is 365 g/mol. The molecule has 0 fully saturated rings. The van der Waals surface area contributed by atoms with Gasteiger partial charge in [0, 0.05) is 0 Å². The quantitative estimate of drug-likeness (QED) is 0.220. The minimum Gasteiger partial charge on any atom is -0.462 e. The van der Waals surface area contributed by atoms with E-state index >= 15 is 0 Å². The number of esters is 1. The number of benzene rings is 1. The third-order valence-corrected chi connectivity index (χ3v) is 4.91. The van der Waals surface area contributed by atoms with Gasteiger partial charge < -0.3 is 4.74 Å². The molecular formula is C23H35F3O2. The van der Waals surface area contributed by atoms with Crippen LogP contribution in [0.5, 0.6) is 0 Å². The summed E-state index contributed by atoms with van der Waals surface area (Å²) in [5, 5.41) is 0. The summed E-state index contributed by atoms with van der Waals surface area (Å²) in [4.78, 5) is 11.9. The number of rotatable bonds is 15. The highest BCUT2D eigenvalue weighted by Gasteiger charge is 2.31. The second kappa shape index (κ2) is 14.5. The number of carbonyl (C=O) groups is 1. The predicted molar refractivity (Wildman–Crippen MR) is 107 cm³/mol. The molecule has 5 heteroatoms. The van der Waals surface area contributed by atoms with Gasteiger partial charge in [0.05, 0.1) is 17.7 Å². The second-order valence-corrected chi connectivity index (χ2v) is 7.46. The Balaban J connectivity index is 1.99. The normalized spacial score (nSPS) is 11.6. The van der Waals surface area contributed by atoms with E-state index in [4.69, 9.17) is 4.74 Å². The van der Waals surface area contributed by atoms with E-state index in [1.165, 1.54) is 76.3 Å². The van der Waals surface area contributed by atoms with Gasteiger partial charge >= 0.3 is 12.1 Å². The minimum absolute atomic E-state index is 0.0514. The topological polar surface area (TPSA) is 26.3 Å². The van der Waals surface area contributed by atoms with E-state index in [0.717, 1.165) is 31.4 Å². The van der Waals surface area contributed by atoms with Crippen LogP contribution in [0.15, 0.2) is 24.3 Å². The third kappa shape index (κ3) is 11.4. The average Bonchev–Trinajstić information content (AvgIpc) is 2.67. The van der Waals surface area contributed by atoms with Crippen LogP contribution >= 0.6 is 0 Å². The molecule has 0 aromatic heterocycles. The molecule has 0 N–H and O–H groups in total. The lowest BCUT2D eigenvalue weighted by atomic mass is 10.0. The molecule has 0 bridgehead atoms. The van der Waals surface area contributed by atoms with Crippen LogP contribution in [-0.2, 0) is 10.9 Å². The predicted octanol–water partition coefficient (Wildman–Crippen LogP) is 7.95. The molecule has 0 saturated carbocycles. The Bertz CT molecular complexity index is 541. The van der Waals surface area contributed by atoms with Crippen molar-refractivity contribution in [3.63, 3.8) is 0 Å². The van der Waals surface area contributed by atoms with E-state index in [-0.39, 0.29) is 12.2 Å². The average molecular weight is 401 g/mol. The second-order valence-electron chi connectivity index (χ2n) is 7.46. The smallest absolute Gasteiger partial charge is 0.416 e. The summed E-state index contributed by atoms with van der Waals surface area (Å²) < 4.78 is 43.1. The molecule has 0 amide bonds. The van der Waals surface area contributed by atoms with Gasteiger partial charge in [0.25, 0.3) is 0 Å². The van der Waals surface area contributed by atoms with Crippen molar-refractivity contribution in [1.82, 2.24) is 0 Å². The number of hydrogen-bond donors (Lipinski definition) is 0. The van der Waals surface area contributed by atoms with Gasteiger partial charge in [-0.15, -0.1) is 0 Å². The fourth-order valence-corrected chi connectivity index (χ4v) is 3.19. The van der Waals surface area contributed by atoms with Crippen LogP contribution in [0.25, 0.3) is 0 Å². The Morgan fingerprint density at radius 3 is 1.82 bits per heavy atom. The van der Waals surface area contributed by atoms with Crippen molar-refractivity contribution in [2.75, 3.05) is 6.61 Å². The third-order valence-electron chi connectivity index (χ3n) is 4.91. The zero-order valence-electron chi connectivity index (χ0n) is 17.2. The molecule has 1 aromatic rings. The lowest BCUT2D eigenvalue weighted by molar-refractivity contribution is -0.137. The maximum absolute atomic E-state index is 12.7. The first kappa shape index (κ1) is 24.5. The Kier molecular flexibility index (Phi) is 12.7. The fourth-order valence-electron chi connectivity index (χ4n) is 3.19. The standard InChI is InChI=1S/C23H35F3O2/c1-2-3-4-5-6-7-8-9-10-11-12-13-14-18-28-22(27)20-16-15-17-21(19-20)23(24,25)26/h15-17,19H,2-14,18H2,1H3. The van der Waals surface area contributed by atoms with Crippen LogP contribution in [0.1, 0.15) is 106 Å². The van der Waals surface area contributed by atoms with Crippen LogP contribution in [0.4, 0.5) is 13.2 Å². The molecule has 0 aliphatic carbocycles. The molecule has 0 saturated heterocycles. The minimum atomic E-state index is -4.45. The number of ether oxygens (including phenoxy) is 1. The summed E-state index contributed by atoms with van der Waals surface area (Å²) >= 11 is 0. The molecule has 1 aromatic carbocycles. The zero-order valence-corrected chi connectivity index (χ0v) is 17.2. The number of alkyl halides is 3. The molecule has 0 aliphatic heterocycles. The Morgan fingerprint density at radius 1 is 0.821 bits per heavy atom. The van der Waals surface area contributed by atoms with Crippen LogP contribution in [0, 0.1) is 0 Å². The van der Waals surface area contributed by atoms with Gasteiger partial charge in [-0.1, -0.05) is 90.0 Å². The summed E-state index contributed by atoms with van der Waals surface area (Å²) in [6, 6.07) is 4.36. The first-order valence-corrected chi connectivity index (χ1v) is 10.8. The van der Waals surface area contributed by atoms with Gasteiger partial charge in [-0.05, 0) is 24.6 Å². The maximum atomic E-state index is 12.7. The monoisotopic (exact) mass is 400 g/mol. The first-order valence-electron chi connectivity index (χ1n) is 10.8. The van der Waals surface area contributed by atoms with E-state index in [9.17, 15) is 18.0 Å². The highest BCUT2D eigenvalue weighted by Crippen LogP contribution is 2.29. The Hall–Kier alpha value is -1.52. The largest absolute Gasteiger partial charge is 0.462 e. The van der Waals surface area contributed by atoms with Crippen molar-refractivity contribution in [3.05, 3.63) is 35.4 Å². The molecule has 0 spiro atoms. The molecule has 28 heavy (non-hydrogen) atoms. The van der Waals surface area contributed by atoms with E-state index < -0.39 is 17.7 Å². The highest BCUT2D eigenvalue weighted by atomic mass is 19.4. The van der Waals surface area contributed by atoms with Crippen molar-refractivity contribution in [2.45, 2.75) is 96.6 Å². The number of hydrogen-bond acceptors (Lipinski definition) is 2. The van der Waals surface area contributed by atoms with Crippen LogP contribution in [0.3, 0.4) is 0 Å². The lowest BCUT2D eigenvalue weighted by Gasteiger charge is -2.09. The van der Waals surface area contributed by atoms with E-state index in [1.807, 2.05) is 0 Å². The molecule has 0 atom stereocenters. The van der Waals surface area contributed by atoms with E-state index in [1.54, 1.807) is 0 Å². The molecule has 0 radical (unpaired) electrons. The van der Waals surface area contributed by atoms with Gasteiger partial charge in [0.2, 0.25) is 0 Å². The number of halogens is 3. The van der Waals surface area contributed by atoms with Crippen LogP contribution in [-0.4, -0.2) is 12.6 Å². The Morgan fingerprint density at radius 2 is 1.32 bits per heavy atom. The van der Waals surface area contributed by atoms with Crippen LogP contribution in [0.2, 0.25) is 0 Å². The zero-order chi connectivity index (χ0) is 20.7. The summed E-state index contributed by atoms with van der Waals surface area (Å²) in [5.74, 6) is -0.690. The number of carbonyl (C=O) groups excluding carboxylic acids is 1. The van der Waals surface area contributed by atoms with Crippen molar-refractivity contribution in [1.29, 1.82) is 0 Å². The highest BCUT2D eigenvalue weighted by molar-refractivity contribution is 5.89. The molecule has 1 rings (SSSR count). The Labute approximate surface area is 167 Å². The molecule has 0 aliphatic rings. The summed E-state index contributed by atoms with van der Waals surface area (Å²) in [6.45, 7) is 2.49. The molecule has 0 heterocycles. The summed E-state index contributed by atoms with van der Waals surface area (Å²) in [6.07, 6.45) is 11.5. The van der Waals surface area contributed by atoms with Gasteiger partial charge in [-0.25, -0.2) is 4.79 Å². The fraction of sp³-hybridized carbons (Fsp3) is 0.696. The van der Waals surface area contributed by atoms with Crippen molar-refractivity contribution in [2.24, 2.45) is 0 Å². The SMILES string of the molecule is CCCCCCCCCCCCCCCOC(=O)c1cccc(C(F)(F)F)c1. The maximum Gasteiger partial charge on any atom is 0.416 e.